The van der Waals surface area contributed by atoms with E-state index in [4.69, 9.17) is 5.73 Å². The van der Waals surface area contributed by atoms with Gasteiger partial charge in [-0.2, -0.15) is 0 Å². The molecule has 2 aromatic rings. The van der Waals surface area contributed by atoms with E-state index in [9.17, 15) is 9.59 Å². The lowest BCUT2D eigenvalue weighted by Crippen LogP contribution is -2.46. The van der Waals surface area contributed by atoms with Crippen LogP contribution in [0.15, 0.2) is 54.6 Å². The number of para-hydroxylation sites is 1. The molecule has 0 spiro atoms. The van der Waals surface area contributed by atoms with Crippen molar-refractivity contribution in [1.29, 1.82) is 0 Å². The number of amides is 2. The first-order chi connectivity index (χ1) is 12.5. The molecule has 26 heavy (non-hydrogen) atoms. The number of nitrogens with two attached hydrogens (primary N) is 1. The highest BCUT2D eigenvalue weighted by Crippen LogP contribution is 2.30. The number of likely N-dealkylation sites (N-methyl/N-ethyl adjacent to an activating group) is 1. The second-order valence-electron chi connectivity index (χ2n) is 6.90. The molecule has 1 aliphatic heterocycles. The summed E-state index contributed by atoms with van der Waals surface area (Å²) in [6.07, 6.45) is 0.631. The quantitative estimate of drug-likeness (QED) is 0.899. The van der Waals surface area contributed by atoms with Gasteiger partial charge in [-0.25, -0.2) is 0 Å². The molecule has 2 amide bonds. The number of carbonyl (C=O) groups is 2. The van der Waals surface area contributed by atoms with Crippen molar-refractivity contribution in [3.8, 4) is 0 Å². The van der Waals surface area contributed by atoms with E-state index in [-0.39, 0.29) is 30.3 Å². The van der Waals surface area contributed by atoms with Crippen LogP contribution in [0.25, 0.3) is 0 Å². The van der Waals surface area contributed by atoms with Crippen LogP contribution in [0.2, 0.25) is 0 Å². The summed E-state index contributed by atoms with van der Waals surface area (Å²) in [6.45, 7) is 2.73. The SMILES string of the molecule is C[C@@H](c1ccccc1)N(C)C(=O)CN1C[C@H](C(N)=O)Cc2ccccc21. The number of fused-ring (bicyclic) bond motifs is 1. The lowest BCUT2D eigenvalue weighted by Gasteiger charge is -2.36. The summed E-state index contributed by atoms with van der Waals surface area (Å²) in [5, 5.41) is 0. The van der Waals surface area contributed by atoms with Crippen LogP contribution in [0.4, 0.5) is 5.69 Å². The summed E-state index contributed by atoms with van der Waals surface area (Å²) in [4.78, 5) is 28.3. The van der Waals surface area contributed by atoms with E-state index in [1.165, 1.54) is 0 Å². The topological polar surface area (TPSA) is 66.6 Å². The maximum absolute atomic E-state index is 12.9. The number of rotatable bonds is 5. The van der Waals surface area contributed by atoms with Gasteiger partial charge in [-0.1, -0.05) is 48.5 Å². The third-order valence-corrected chi connectivity index (χ3v) is 5.22. The molecule has 2 N–H and O–H groups in total. The molecule has 5 nitrogen and oxygen atoms in total. The number of hydrogen-bond donors (Lipinski definition) is 1. The average molecular weight is 351 g/mol. The summed E-state index contributed by atoms with van der Waals surface area (Å²) < 4.78 is 0. The first-order valence-corrected chi connectivity index (χ1v) is 8.90. The largest absolute Gasteiger partial charge is 0.369 e. The Labute approximate surface area is 154 Å². The minimum atomic E-state index is -0.317. The van der Waals surface area contributed by atoms with Gasteiger partial charge in [-0.15, -0.1) is 0 Å². The minimum absolute atomic E-state index is 0.0151. The van der Waals surface area contributed by atoms with Gasteiger partial charge in [-0.05, 0) is 30.5 Å². The molecule has 0 saturated carbocycles. The molecule has 0 fully saturated rings. The number of nitrogens with zero attached hydrogens (tertiary/aromatic N) is 2. The molecule has 1 aliphatic rings. The van der Waals surface area contributed by atoms with Crippen molar-refractivity contribution in [2.24, 2.45) is 11.7 Å². The van der Waals surface area contributed by atoms with Crippen LogP contribution in [0, 0.1) is 5.92 Å². The average Bonchev–Trinajstić information content (AvgIpc) is 2.67. The Hall–Kier alpha value is -2.82. The molecule has 2 aromatic carbocycles. The van der Waals surface area contributed by atoms with Crippen molar-refractivity contribution < 1.29 is 9.59 Å². The van der Waals surface area contributed by atoms with E-state index < -0.39 is 0 Å². The van der Waals surface area contributed by atoms with Gasteiger partial charge in [0.1, 0.15) is 0 Å². The zero-order valence-corrected chi connectivity index (χ0v) is 15.3. The highest BCUT2D eigenvalue weighted by atomic mass is 16.2. The predicted octanol–water partition coefficient (Wildman–Crippen LogP) is 2.37. The van der Waals surface area contributed by atoms with Crippen LogP contribution in [0.3, 0.4) is 0 Å². The minimum Gasteiger partial charge on any atom is -0.369 e. The second-order valence-corrected chi connectivity index (χ2v) is 6.90. The Morgan fingerprint density at radius 3 is 2.50 bits per heavy atom. The highest BCUT2D eigenvalue weighted by Gasteiger charge is 2.30. The normalized spacial score (nSPS) is 17.3. The van der Waals surface area contributed by atoms with Gasteiger partial charge in [0.25, 0.3) is 0 Å². The smallest absolute Gasteiger partial charge is 0.242 e. The van der Waals surface area contributed by atoms with E-state index >= 15 is 0 Å². The Kier molecular flexibility index (Phi) is 5.26. The lowest BCUT2D eigenvalue weighted by molar-refractivity contribution is -0.130. The predicted molar refractivity (Wildman–Crippen MR) is 103 cm³/mol. The Balaban J connectivity index is 1.76. The molecule has 0 aliphatic carbocycles. The Morgan fingerprint density at radius 2 is 1.81 bits per heavy atom. The Morgan fingerprint density at radius 1 is 1.15 bits per heavy atom. The number of anilines is 1. The first kappa shape index (κ1) is 18.0. The number of carbonyl (C=O) groups excluding carboxylic acids is 2. The maximum Gasteiger partial charge on any atom is 0.242 e. The lowest BCUT2D eigenvalue weighted by atomic mass is 9.92. The third-order valence-electron chi connectivity index (χ3n) is 5.22. The first-order valence-electron chi connectivity index (χ1n) is 8.90. The van der Waals surface area contributed by atoms with E-state index in [2.05, 4.69) is 0 Å². The highest BCUT2D eigenvalue weighted by molar-refractivity contribution is 5.84. The molecule has 0 aromatic heterocycles. The molecule has 1 heterocycles. The van der Waals surface area contributed by atoms with Crippen molar-refractivity contribution in [2.75, 3.05) is 25.0 Å². The van der Waals surface area contributed by atoms with Crippen molar-refractivity contribution in [3.63, 3.8) is 0 Å². The van der Waals surface area contributed by atoms with Crippen LogP contribution in [-0.4, -0.2) is 36.9 Å². The van der Waals surface area contributed by atoms with Crippen LogP contribution in [-0.2, 0) is 16.0 Å². The maximum atomic E-state index is 12.9. The standard InChI is InChI=1S/C21H25N3O2/c1-15(16-8-4-3-5-9-16)23(2)20(25)14-24-13-18(21(22)26)12-17-10-6-7-11-19(17)24/h3-11,15,18H,12-14H2,1-2H3,(H2,22,26)/t15-,18+/m0/s1. The zero-order chi connectivity index (χ0) is 18.7. The summed E-state index contributed by atoms with van der Waals surface area (Å²) in [7, 11) is 1.82. The van der Waals surface area contributed by atoms with Gasteiger partial charge in [0.15, 0.2) is 0 Å². The van der Waals surface area contributed by atoms with E-state index in [1.54, 1.807) is 4.90 Å². The number of primary amides is 1. The van der Waals surface area contributed by atoms with Crippen LogP contribution in [0.5, 0.6) is 0 Å². The van der Waals surface area contributed by atoms with Crippen LogP contribution in [0.1, 0.15) is 24.1 Å². The second kappa shape index (κ2) is 7.60. The molecule has 3 rings (SSSR count). The Bertz CT molecular complexity index is 791. The number of benzene rings is 2. The zero-order valence-electron chi connectivity index (χ0n) is 15.3. The molecule has 0 unspecified atom stereocenters. The summed E-state index contributed by atoms with van der Waals surface area (Å²) in [6, 6.07) is 17.8. The van der Waals surface area contributed by atoms with Gasteiger partial charge in [0.2, 0.25) is 11.8 Å². The molecule has 0 bridgehead atoms. The molecule has 5 heteroatoms. The van der Waals surface area contributed by atoms with E-state index in [1.807, 2.05) is 73.5 Å². The molecular weight excluding hydrogens is 326 g/mol. The fraction of sp³-hybridized carbons (Fsp3) is 0.333. The molecule has 136 valence electrons. The van der Waals surface area contributed by atoms with Crippen molar-refractivity contribution >= 4 is 17.5 Å². The summed E-state index contributed by atoms with van der Waals surface area (Å²) in [5.74, 6) is -0.571. The van der Waals surface area contributed by atoms with Gasteiger partial charge in [-0.3, -0.25) is 9.59 Å². The molecule has 0 saturated heterocycles. The summed E-state index contributed by atoms with van der Waals surface area (Å²) >= 11 is 0. The fourth-order valence-corrected chi connectivity index (χ4v) is 3.47. The van der Waals surface area contributed by atoms with Crippen molar-refractivity contribution in [1.82, 2.24) is 4.90 Å². The summed E-state index contributed by atoms with van der Waals surface area (Å²) in [5.41, 5.74) is 8.71. The van der Waals surface area contributed by atoms with E-state index in [0.717, 1.165) is 16.8 Å². The molecule has 0 radical (unpaired) electrons. The molecule has 2 atom stereocenters. The number of hydrogen-bond acceptors (Lipinski definition) is 3. The van der Waals surface area contributed by atoms with Gasteiger partial charge in [0.05, 0.1) is 18.5 Å². The van der Waals surface area contributed by atoms with Crippen LogP contribution < -0.4 is 10.6 Å². The fourth-order valence-electron chi connectivity index (χ4n) is 3.47. The monoisotopic (exact) mass is 351 g/mol. The van der Waals surface area contributed by atoms with Crippen molar-refractivity contribution in [2.45, 2.75) is 19.4 Å². The third kappa shape index (κ3) is 3.72. The molecular formula is C21H25N3O2. The van der Waals surface area contributed by atoms with Crippen LogP contribution >= 0.6 is 0 Å². The van der Waals surface area contributed by atoms with Crippen molar-refractivity contribution in [3.05, 3.63) is 65.7 Å². The van der Waals surface area contributed by atoms with Gasteiger partial charge < -0.3 is 15.5 Å². The van der Waals surface area contributed by atoms with Gasteiger partial charge >= 0.3 is 0 Å². The van der Waals surface area contributed by atoms with Gasteiger partial charge in [0, 0.05) is 19.3 Å². The van der Waals surface area contributed by atoms with E-state index in [0.29, 0.717) is 13.0 Å².